The minimum absolute atomic E-state index is 1.11. The van der Waals surface area contributed by atoms with Crippen LogP contribution < -0.4 is 4.90 Å². The van der Waals surface area contributed by atoms with E-state index in [0.717, 1.165) is 6.54 Å². The highest BCUT2D eigenvalue weighted by Gasteiger charge is 2.05. The molecule has 1 heteroatoms. The maximum atomic E-state index is 2.38. The molecule has 0 spiro atoms. The molecule has 0 heterocycles. The molecule has 0 radical (unpaired) electrons. The molecule has 1 aromatic carbocycles. The molecule has 0 unspecified atom stereocenters. The topological polar surface area (TPSA) is 3.24 Å². The van der Waals surface area contributed by atoms with Crippen molar-refractivity contribution in [2.45, 2.75) is 33.6 Å². The van der Waals surface area contributed by atoms with Crippen molar-refractivity contribution in [1.82, 2.24) is 0 Å². The van der Waals surface area contributed by atoms with Crippen LogP contribution >= 0.6 is 0 Å². The Morgan fingerprint density at radius 1 is 1.27 bits per heavy atom. The zero-order valence-electron chi connectivity index (χ0n) is 10.0. The van der Waals surface area contributed by atoms with Crippen molar-refractivity contribution < 1.29 is 0 Å². The summed E-state index contributed by atoms with van der Waals surface area (Å²) in [6.07, 6.45) is 4.64. The van der Waals surface area contributed by atoms with Gasteiger partial charge in [0.2, 0.25) is 0 Å². The predicted octanol–water partition coefficient (Wildman–Crippen LogP) is 4.22. The molecule has 1 rings (SSSR count). The fourth-order valence-electron chi connectivity index (χ4n) is 1.59. The van der Waals surface area contributed by atoms with Gasteiger partial charge in [-0.2, -0.15) is 0 Å². The minimum atomic E-state index is 1.11. The van der Waals surface area contributed by atoms with Crippen LogP contribution in [0.3, 0.4) is 0 Å². The van der Waals surface area contributed by atoms with Gasteiger partial charge in [0, 0.05) is 17.9 Å². The fraction of sp³-hybridized carbons (Fsp3) is 0.429. The molecule has 1 nitrogen and oxygen atoms in total. The van der Waals surface area contributed by atoms with E-state index in [1.807, 2.05) is 0 Å². The van der Waals surface area contributed by atoms with Gasteiger partial charge in [0.1, 0.15) is 0 Å². The number of hydrogen-bond acceptors (Lipinski definition) is 1. The van der Waals surface area contributed by atoms with Gasteiger partial charge in [0.25, 0.3) is 0 Å². The van der Waals surface area contributed by atoms with Crippen LogP contribution in [-0.4, -0.2) is 6.54 Å². The van der Waals surface area contributed by atoms with Crippen LogP contribution in [0, 0.1) is 0 Å². The molecule has 0 saturated heterocycles. The predicted molar refractivity (Wildman–Crippen MR) is 68.1 cm³/mol. The van der Waals surface area contributed by atoms with Crippen LogP contribution in [0.2, 0.25) is 0 Å². The Bertz CT molecular complexity index is 300. The molecular weight excluding hydrogens is 182 g/mol. The lowest BCUT2D eigenvalue weighted by Crippen LogP contribution is -2.21. The van der Waals surface area contributed by atoms with Crippen LogP contribution in [0.25, 0.3) is 0 Å². The van der Waals surface area contributed by atoms with Crippen molar-refractivity contribution in [1.29, 1.82) is 0 Å². The lowest BCUT2D eigenvalue weighted by atomic mass is 10.2. The summed E-state index contributed by atoms with van der Waals surface area (Å²) in [5.74, 6) is 0. The second-order valence-electron chi connectivity index (χ2n) is 3.77. The molecule has 82 valence electrons. The van der Waals surface area contributed by atoms with Crippen molar-refractivity contribution in [3.8, 4) is 0 Å². The number of unbranched alkanes of at least 4 members (excludes halogenated alkanes) is 1. The number of benzene rings is 1. The van der Waals surface area contributed by atoms with Gasteiger partial charge < -0.3 is 4.90 Å². The SMILES string of the molecule is C/C=C(\C)N(CCCC)c1ccccc1. The Balaban J connectivity index is 2.81. The molecule has 0 saturated carbocycles. The lowest BCUT2D eigenvalue weighted by molar-refractivity contribution is 0.765. The standard InChI is InChI=1S/C14H21N/c1-4-6-12-15(13(3)5-2)14-10-8-7-9-11-14/h5,7-11H,4,6,12H2,1-3H3/b13-5+. The Morgan fingerprint density at radius 2 is 1.93 bits per heavy atom. The van der Waals surface area contributed by atoms with Crippen molar-refractivity contribution >= 4 is 5.69 Å². The average molecular weight is 203 g/mol. The maximum Gasteiger partial charge on any atom is 0.0408 e. The molecule has 15 heavy (non-hydrogen) atoms. The summed E-state index contributed by atoms with van der Waals surface area (Å²) < 4.78 is 0. The van der Waals surface area contributed by atoms with E-state index in [1.165, 1.54) is 24.2 Å². The van der Waals surface area contributed by atoms with E-state index in [0.29, 0.717) is 0 Å². The monoisotopic (exact) mass is 203 g/mol. The normalized spacial score (nSPS) is 11.5. The van der Waals surface area contributed by atoms with Crippen molar-refractivity contribution in [3.63, 3.8) is 0 Å². The minimum Gasteiger partial charge on any atom is -0.346 e. The summed E-state index contributed by atoms with van der Waals surface area (Å²) >= 11 is 0. The second kappa shape index (κ2) is 6.28. The lowest BCUT2D eigenvalue weighted by Gasteiger charge is -2.25. The van der Waals surface area contributed by atoms with Crippen LogP contribution in [0.5, 0.6) is 0 Å². The third-order valence-electron chi connectivity index (χ3n) is 2.65. The number of hydrogen-bond donors (Lipinski definition) is 0. The molecule has 0 aromatic heterocycles. The van der Waals surface area contributed by atoms with Gasteiger partial charge >= 0.3 is 0 Å². The number of anilines is 1. The fourth-order valence-corrected chi connectivity index (χ4v) is 1.59. The molecule has 0 bridgehead atoms. The molecule has 0 fully saturated rings. The first kappa shape index (κ1) is 11.8. The van der Waals surface area contributed by atoms with Crippen LogP contribution in [-0.2, 0) is 0 Å². The van der Waals surface area contributed by atoms with Gasteiger partial charge in [-0.15, -0.1) is 0 Å². The third kappa shape index (κ3) is 3.43. The summed E-state index contributed by atoms with van der Waals surface area (Å²) in [6, 6.07) is 10.6. The van der Waals surface area contributed by atoms with E-state index in [-0.39, 0.29) is 0 Å². The highest BCUT2D eigenvalue weighted by Crippen LogP contribution is 2.18. The molecular formula is C14H21N. The van der Waals surface area contributed by atoms with Gasteiger partial charge in [0.15, 0.2) is 0 Å². The van der Waals surface area contributed by atoms with Gasteiger partial charge in [-0.25, -0.2) is 0 Å². The molecule has 0 atom stereocenters. The number of rotatable bonds is 5. The number of para-hydroxylation sites is 1. The zero-order chi connectivity index (χ0) is 11.1. The van der Waals surface area contributed by atoms with E-state index in [1.54, 1.807) is 0 Å². The number of nitrogens with zero attached hydrogens (tertiary/aromatic N) is 1. The number of allylic oxidation sites excluding steroid dienone is 2. The van der Waals surface area contributed by atoms with Gasteiger partial charge in [-0.3, -0.25) is 0 Å². The van der Waals surface area contributed by atoms with E-state index in [2.05, 4.69) is 62.1 Å². The molecule has 0 aliphatic rings. The van der Waals surface area contributed by atoms with Crippen molar-refractivity contribution in [3.05, 3.63) is 42.1 Å². The summed E-state index contributed by atoms with van der Waals surface area (Å²) in [6.45, 7) is 7.60. The quantitative estimate of drug-likeness (QED) is 0.692. The van der Waals surface area contributed by atoms with E-state index < -0.39 is 0 Å². The van der Waals surface area contributed by atoms with Crippen molar-refractivity contribution in [2.24, 2.45) is 0 Å². The zero-order valence-corrected chi connectivity index (χ0v) is 10.0. The largest absolute Gasteiger partial charge is 0.346 e. The first-order chi connectivity index (χ1) is 7.29. The summed E-state index contributed by atoms with van der Waals surface area (Å²) in [7, 11) is 0. The molecule has 0 aliphatic carbocycles. The Morgan fingerprint density at radius 3 is 2.47 bits per heavy atom. The Kier molecular flexibility index (Phi) is 4.96. The van der Waals surface area contributed by atoms with Gasteiger partial charge in [-0.05, 0) is 32.4 Å². The Labute approximate surface area is 93.4 Å². The maximum absolute atomic E-state index is 2.38. The van der Waals surface area contributed by atoms with E-state index in [4.69, 9.17) is 0 Å². The summed E-state index contributed by atoms with van der Waals surface area (Å²) in [4.78, 5) is 2.38. The van der Waals surface area contributed by atoms with Gasteiger partial charge in [-0.1, -0.05) is 37.6 Å². The third-order valence-corrected chi connectivity index (χ3v) is 2.65. The highest BCUT2D eigenvalue weighted by molar-refractivity contribution is 5.51. The summed E-state index contributed by atoms with van der Waals surface area (Å²) in [5, 5.41) is 0. The van der Waals surface area contributed by atoms with Crippen LogP contribution in [0.15, 0.2) is 42.1 Å². The van der Waals surface area contributed by atoms with Gasteiger partial charge in [0.05, 0.1) is 0 Å². The van der Waals surface area contributed by atoms with Crippen molar-refractivity contribution in [2.75, 3.05) is 11.4 Å². The Hall–Kier alpha value is -1.24. The first-order valence-electron chi connectivity index (χ1n) is 5.75. The molecule has 0 aliphatic heterocycles. The average Bonchev–Trinajstić information content (AvgIpc) is 2.30. The van der Waals surface area contributed by atoms with Crippen LogP contribution in [0.1, 0.15) is 33.6 Å². The highest BCUT2D eigenvalue weighted by atomic mass is 15.1. The van der Waals surface area contributed by atoms with E-state index in [9.17, 15) is 0 Å². The van der Waals surface area contributed by atoms with E-state index >= 15 is 0 Å². The smallest absolute Gasteiger partial charge is 0.0408 e. The molecule has 1 aromatic rings. The summed E-state index contributed by atoms with van der Waals surface area (Å²) in [5.41, 5.74) is 2.62. The first-order valence-corrected chi connectivity index (χ1v) is 5.75. The molecule has 0 N–H and O–H groups in total. The second-order valence-corrected chi connectivity index (χ2v) is 3.77. The van der Waals surface area contributed by atoms with Crippen LogP contribution in [0.4, 0.5) is 5.69 Å². The molecule has 0 amide bonds.